The molecule has 11 heteroatoms. The van der Waals surface area contributed by atoms with Gasteiger partial charge in [0.1, 0.15) is 22.5 Å². The molecule has 2 aliphatic rings. The van der Waals surface area contributed by atoms with Gasteiger partial charge in [-0.05, 0) is 25.6 Å². The molecule has 212 valence electrons. The molecule has 0 amide bonds. The van der Waals surface area contributed by atoms with Crippen LogP contribution in [-0.2, 0) is 4.74 Å². The summed E-state index contributed by atoms with van der Waals surface area (Å²) in [4.78, 5) is 30.6. The highest BCUT2D eigenvalue weighted by Gasteiger charge is 2.19. The van der Waals surface area contributed by atoms with Gasteiger partial charge >= 0.3 is 0 Å². The molecule has 0 radical (unpaired) electrons. The summed E-state index contributed by atoms with van der Waals surface area (Å²) < 4.78 is 6.52. The maximum atomic E-state index is 5.48. The van der Waals surface area contributed by atoms with Gasteiger partial charge in [0.25, 0.3) is 0 Å². The Hall–Kier alpha value is -3.41. The molecule has 0 bridgehead atoms. The fourth-order valence-electron chi connectivity index (χ4n) is 4.70. The van der Waals surface area contributed by atoms with Gasteiger partial charge in [-0.15, -0.1) is 11.3 Å². The number of thiazole rings is 1. The van der Waals surface area contributed by atoms with E-state index in [1.807, 2.05) is 37.5 Å². The van der Waals surface area contributed by atoms with Crippen LogP contribution in [0.5, 0.6) is 0 Å². The molecule has 2 aliphatic heterocycles. The van der Waals surface area contributed by atoms with Gasteiger partial charge < -0.3 is 24.8 Å². The second kappa shape index (κ2) is 13.3. The van der Waals surface area contributed by atoms with E-state index in [-0.39, 0.29) is 0 Å². The second-order valence-electron chi connectivity index (χ2n) is 10.0. The predicted molar refractivity (Wildman–Crippen MR) is 164 cm³/mol. The van der Waals surface area contributed by atoms with E-state index in [9.17, 15) is 0 Å². The van der Waals surface area contributed by atoms with E-state index in [2.05, 4.69) is 61.8 Å². The number of likely N-dealkylation sites (N-methyl/N-ethyl adjacent to an activating group) is 1. The third-order valence-corrected chi connectivity index (χ3v) is 7.86. The molecule has 4 aromatic heterocycles. The number of aryl methyl sites for hydroxylation is 1. The van der Waals surface area contributed by atoms with Crippen LogP contribution in [0.3, 0.4) is 0 Å². The van der Waals surface area contributed by atoms with E-state index >= 15 is 0 Å². The third kappa shape index (κ3) is 6.83. The fourth-order valence-corrected chi connectivity index (χ4v) is 5.61. The van der Waals surface area contributed by atoms with Gasteiger partial charge in [-0.25, -0.2) is 19.9 Å². The average Bonchev–Trinajstić information content (AvgIpc) is 3.42. The van der Waals surface area contributed by atoms with Crippen LogP contribution >= 0.6 is 11.3 Å². The zero-order chi connectivity index (χ0) is 27.9. The number of piperazine rings is 1. The fraction of sp³-hybridized carbons (Fsp3) is 0.483. The van der Waals surface area contributed by atoms with Gasteiger partial charge in [-0.1, -0.05) is 27.2 Å². The number of fused-ring (bicyclic) bond motifs is 1. The van der Waals surface area contributed by atoms with E-state index in [1.54, 1.807) is 11.3 Å². The van der Waals surface area contributed by atoms with Crippen molar-refractivity contribution in [1.82, 2.24) is 29.8 Å². The predicted octanol–water partition coefficient (Wildman–Crippen LogP) is 4.99. The molecule has 10 nitrogen and oxygen atoms in total. The minimum absolute atomic E-state index is 0.716. The second-order valence-corrected chi connectivity index (χ2v) is 11.0. The standard InChI is InChI=1S/C26H31N9OS.C3H8/c1-3-33-6-8-35(9-7-33)26-29-18(2)14-23(32-26)31-22-16-20-21(17-28-22)37-25(30-20)19-4-5-27-24(15-19)34-10-12-36-13-11-34;1-3-2/h4-5,14-17H,3,6-13H2,1-2H3,(H,28,29,31,32);3H2,1-2H3. The minimum Gasteiger partial charge on any atom is -0.378 e. The molecule has 0 aliphatic carbocycles. The Balaban J connectivity index is 0.00000103. The quantitative estimate of drug-likeness (QED) is 0.347. The van der Waals surface area contributed by atoms with E-state index in [0.717, 1.165) is 103 Å². The van der Waals surface area contributed by atoms with Crippen molar-refractivity contribution in [3.05, 3.63) is 42.4 Å². The molecule has 6 rings (SSSR count). The summed E-state index contributed by atoms with van der Waals surface area (Å²) in [7, 11) is 0. The van der Waals surface area contributed by atoms with Crippen LogP contribution in [0.2, 0.25) is 0 Å². The number of hydrogen-bond acceptors (Lipinski definition) is 11. The van der Waals surface area contributed by atoms with Gasteiger partial charge in [0.05, 0.1) is 23.4 Å². The Morgan fingerprint density at radius 3 is 2.40 bits per heavy atom. The van der Waals surface area contributed by atoms with Crippen molar-refractivity contribution >= 4 is 45.0 Å². The van der Waals surface area contributed by atoms with Crippen LogP contribution in [0.25, 0.3) is 20.8 Å². The van der Waals surface area contributed by atoms with Crippen molar-refractivity contribution in [3.8, 4) is 10.6 Å². The number of nitrogens with zero attached hydrogens (tertiary/aromatic N) is 8. The smallest absolute Gasteiger partial charge is 0.227 e. The number of aromatic nitrogens is 5. The Morgan fingerprint density at radius 1 is 0.875 bits per heavy atom. The highest BCUT2D eigenvalue weighted by Crippen LogP contribution is 2.32. The lowest BCUT2D eigenvalue weighted by molar-refractivity contribution is 0.122. The average molecular weight is 562 g/mol. The maximum Gasteiger partial charge on any atom is 0.227 e. The monoisotopic (exact) mass is 561 g/mol. The van der Waals surface area contributed by atoms with Crippen molar-refractivity contribution in [2.75, 3.05) is 74.1 Å². The third-order valence-electron chi connectivity index (χ3n) is 6.80. The Labute approximate surface area is 240 Å². The van der Waals surface area contributed by atoms with Gasteiger partial charge in [0, 0.05) is 75.1 Å². The number of morpholine rings is 1. The maximum absolute atomic E-state index is 5.48. The summed E-state index contributed by atoms with van der Waals surface area (Å²) in [5.41, 5.74) is 2.89. The van der Waals surface area contributed by atoms with E-state index < -0.39 is 0 Å². The first-order chi connectivity index (χ1) is 19.6. The summed E-state index contributed by atoms with van der Waals surface area (Å²) in [5.74, 6) is 3.19. The molecule has 0 aromatic carbocycles. The highest BCUT2D eigenvalue weighted by atomic mass is 32.1. The first-order valence-electron chi connectivity index (χ1n) is 14.2. The van der Waals surface area contributed by atoms with Crippen LogP contribution < -0.4 is 15.1 Å². The van der Waals surface area contributed by atoms with Gasteiger partial charge in [0.15, 0.2) is 0 Å². The normalized spacial score (nSPS) is 16.1. The van der Waals surface area contributed by atoms with Crippen molar-refractivity contribution in [2.45, 2.75) is 34.1 Å². The number of hydrogen-bond donors (Lipinski definition) is 1. The van der Waals surface area contributed by atoms with Crippen LogP contribution in [-0.4, -0.2) is 88.8 Å². The van der Waals surface area contributed by atoms with Gasteiger partial charge in [-0.3, -0.25) is 0 Å². The van der Waals surface area contributed by atoms with Crippen LogP contribution in [0.1, 0.15) is 32.9 Å². The SMILES string of the molecule is CCC.CCN1CCN(c2nc(C)cc(Nc3cc4nc(-c5ccnc(N6CCOCC6)c5)sc4cn3)n2)CC1. The molecule has 1 N–H and O–H groups in total. The van der Waals surface area contributed by atoms with E-state index in [1.165, 1.54) is 6.42 Å². The molecule has 0 saturated carbocycles. The van der Waals surface area contributed by atoms with Crippen molar-refractivity contribution in [2.24, 2.45) is 0 Å². The lowest BCUT2D eigenvalue weighted by Crippen LogP contribution is -2.46. The number of ether oxygens (including phenoxy) is 1. The summed E-state index contributed by atoms with van der Waals surface area (Å²) in [6, 6.07) is 8.06. The molecule has 0 unspecified atom stereocenters. The molecule has 6 heterocycles. The number of anilines is 4. The zero-order valence-corrected chi connectivity index (χ0v) is 24.7. The van der Waals surface area contributed by atoms with Crippen LogP contribution in [0.4, 0.5) is 23.4 Å². The minimum atomic E-state index is 0.716. The Bertz CT molecular complexity index is 1400. The molecule has 0 atom stereocenters. The summed E-state index contributed by atoms with van der Waals surface area (Å²) in [6.07, 6.45) is 4.98. The number of pyridine rings is 2. The largest absolute Gasteiger partial charge is 0.378 e. The van der Waals surface area contributed by atoms with Crippen molar-refractivity contribution < 1.29 is 4.74 Å². The van der Waals surface area contributed by atoms with Crippen molar-refractivity contribution in [1.29, 1.82) is 0 Å². The number of rotatable bonds is 6. The Morgan fingerprint density at radius 2 is 1.65 bits per heavy atom. The zero-order valence-electron chi connectivity index (χ0n) is 23.9. The lowest BCUT2D eigenvalue weighted by atomic mass is 10.2. The van der Waals surface area contributed by atoms with E-state index in [0.29, 0.717) is 5.82 Å². The molecule has 2 saturated heterocycles. The Kier molecular flexibility index (Phi) is 9.35. The summed E-state index contributed by atoms with van der Waals surface area (Å²) in [6.45, 7) is 16.7. The first kappa shape index (κ1) is 28.1. The van der Waals surface area contributed by atoms with Gasteiger partial charge in [-0.2, -0.15) is 4.98 Å². The molecule has 2 fully saturated rings. The molecule has 0 spiro atoms. The summed E-state index contributed by atoms with van der Waals surface area (Å²) >= 11 is 1.64. The molecule has 40 heavy (non-hydrogen) atoms. The van der Waals surface area contributed by atoms with Gasteiger partial charge in [0.2, 0.25) is 5.95 Å². The number of nitrogens with one attached hydrogen (secondary N) is 1. The molecule has 4 aromatic rings. The lowest BCUT2D eigenvalue weighted by Gasteiger charge is -2.34. The van der Waals surface area contributed by atoms with Crippen molar-refractivity contribution in [3.63, 3.8) is 0 Å². The van der Waals surface area contributed by atoms with Crippen LogP contribution in [0.15, 0.2) is 36.7 Å². The molecular formula is C29H39N9OS. The topological polar surface area (TPSA) is 95.4 Å². The van der Waals surface area contributed by atoms with Crippen LogP contribution in [0, 0.1) is 6.92 Å². The summed E-state index contributed by atoms with van der Waals surface area (Å²) in [5, 5.41) is 4.33. The van der Waals surface area contributed by atoms with E-state index in [4.69, 9.17) is 14.7 Å². The highest BCUT2D eigenvalue weighted by molar-refractivity contribution is 7.21. The first-order valence-corrected chi connectivity index (χ1v) is 15.0. The molecular weight excluding hydrogens is 522 g/mol.